The summed E-state index contributed by atoms with van der Waals surface area (Å²) in [5.74, 6) is -0.616. The Morgan fingerprint density at radius 1 is 1.14 bits per heavy atom. The summed E-state index contributed by atoms with van der Waals surface area (Å²) in [6.07, 6.45) is 0.714. The topological polar surface area (TPSA) is 67.4 Å². The molecule has 1 aromatic heterocycles. The van der Waals surface area contributed by atoms with E-state index in [0.29, 0.717) is 53.0 Å². The van der Waals surface area contributed by atoms with Crippen molar-refractivity contribution in [3.05, 3.63) is 74.2 Å². The standard InChI is InChI=1S/C26H29Cl3FN5O/c1-26(2,3)24-12-23(33(4)32-24)25(36)34-8-7-17(14-34)35(16-5-6-22(31)20(29)10-16)13-15-9-21(30)19(28)11-18(15)27/h5-6,9-12,17H,7-8,13-14,31H2,1-4H3/t17-/m0/s1. The molecule has 10 heteroatoms. The fraction of sp³-hybridized carbons (Fsp3) is 0.385. The Morgan fingerprint density at radius 3 is 2.50 bits per heavy atom. The summed E-state index contributed by atoms with van der Waals surface area (Å²) in [6, 6.07) is 9.93. The van der Waals surface area contributed by atoms with E-state index in [1.807, 2.05) is 17.0 Å². The Labute approximate surface area is 225 Å². The summed E-state index contributed by atoms with van der Waals surface area (Å²) >= 11 is 18.6. The van der Waals surface area contributed by atoms with Crippen LogP contribution in [-0.4, -0.2) is 39.7 Å². The van der Waals surface area contributed by atoms with Gasteiger partial charge < -0.3 is 15.5 Å². The SMILES string of the molecule is Cn1nc(C(C)(C)C)cc1C(=O)N1CC[C@H](N(Cc2cc(F)c(Cl)cc2Cl)c2ccc(N)c(Cl)c2)C1. The number of nitrogens with zero attached hydrogens (tertiary/aromatic N) is 4. The normalized spacial score (nSPS) is 16.0. The molecule has 4 rings (SSSR count). The molecule has 36 heavy (non-hydrogen) atoms. The highest BCUT2D eigenvalue weighted by Crippen LogP contribution is 2.33. The Balaban J connectivity index is 1.62. The number of anilines is 2. The Kier molecular flexibility index (Phi) is 7.47. The molecule has 0 aliphatic carbocycles. The first-order chi connectivity index (χ1) is 16.8. The van der Waals surface area contributed by atoms with Crippen LogP contribution in [0.15, 0.2) is 36.4 Å². The summed E-state index contributed by atoms with van der Waals surface area (Å²) in [4.78, 5) is 17.3. The highest BCUT2D eigenvalue weighted by Gasteiger charge is 2.33. The van der Waals surface area contributed by atoms with Gasteiger partial charge in [0.2, 0.25) is 0 Å². The molecule has 0 spiro atoms. The van der Waals surface area contributed by atoms with Crippen molar-refractivity contribution in [3.63, 3.8) is 0 Å². The average molecular weight is 553 g/mol. The van der Waals surface area contributed by atoms with Crippen LogP contribution in [0, 0.1) is 5.82 Å². The second-order valence-corrected chi connectivity index (χ2v) is 11.4. The lowest BCUT2D eigenvalue weighted by Gasteiger charge is -2.32. The van der Waals surface area contributed by atoms with E-state index in [0.717, 1.165) is 11.4 Å². The van der Waals surface area contributed by atoms with Gasteiger partial charge in [-0.2, -0.15) is 5.10 Å². The van der Waals surface area contributed by atoms with E-state index < -0.39 is 5.82 Å². The summed E-state index contributed by atoms with van der Waals surface area (Å²) in [5, 5.41) is 5.30. The number of hydrogen-bond acceptors (Lipinski definition) is 4. The number of benzene rings is 2. The molecule has 1 saturated heterocycles. The van der Waals surface area contributed by atoms with Crippen LogP contribution in [0.2, 0.25) is 15.1 Å². The van der Waals surface area contributed by atoms with E-state index in [4.69, 9.17) is 40.5 Å². The van der Waals surface area contributed by atoms with E-state index in [2.05, 4.69) is 30.8 Å². The molecule has 1 atom stereocenters. The Hall–Kier alpha value is -2.48. The van der Waals surface area contributed by atoms with Gasteiger partial charge in [-0.25, -0.2) is 4.39 Å². The van der Waals surface area contributed by atoms with Gasteiger partial charge in [-0.05, 0) is 48.4 Å². The number of nitrogens with two attached hydrogens (primary N) is 1. The lowest BCUT2D eigenvalue weighted by Crippen LogP contribution is -2.39. The second kappa shape index (κ2) is 10.1. The molecule has 1 amide bonds. The van der Waals surface area contributed by atoms with Crippen LogP contribution in [0.4, 0.5) is 15.8 Å². The lowest BCUT2D eigenvalue weighted by molar-refractivity contribution is 0.0779. The quantitative estimate of drug-likeness (QED) is 0.297. The van der Waals surface area contributed by atoms with E-state index >= 15 is 0 Å². The first kappa shape index (κ1) is 26.6. The third-order valence-electron chi connectivity index (χ3n) is 6.50. The summed E-state index contributed by atoms with van der Waals surface area (Å²) in [6.45, 7) is 7.55. The van der Waals surface area contributed by atoms with Gasteiger partial charge in [0.05, 0.1) is 21.4 Å². The Bertz CT molecular complexity index is 1300. The number of aryl methyl sites for hydroxylation is 1. The molecule has 3 aromatic rings. The van der Waals surface area contributed by atoms with E-state index in [-0.39, 0.29) is 22.4 Å². The van der Waals surface area contributed by atoms with Crippen LogP contribution in [0.1, 0.15) is 48.9 Å². The van der Waals surface area contributed by atoms with Gasteiger partial charge in [-0.1, -0.05) is 55.6 Å². The molecule has 0 bridgehead atoms. The van der Waals surface area contributed by atoms with Gasteiger partial charge in [0.15, 0.2) is 0 Å². The highest BCUT2D eigenvalue weighted by molar-refractivity contribution is 6.35. The van der Waals surface area contributed by atoms with E-state index in [1.54, 1.807) is 23.9 Å². The number of rotatable bonds is 5. The van der Waals surface area contributed by atoms with Gasteiger partial charge in [-0.15, -0.1) is 0 Å². The van der Waals surface area contributed by atoms with E-state index in [9.17, 15) is 9.18 Å². The van der Waals surface area contributed by atoms with Crippen molar-refractivity contribution in [1.82, 2.24) is 14.7 Å². The van der Waals surface area contributed by atoms with Gasteiger partial charge in [0.1, 0.15) is 11.5 Å². The van der Waals surface area contributed by atoms with Gasteiger partial charge >= 0.3 is 0 Å². The molecule has 1 fully saturated rings. The maximum absolute atomic E-state index is 14.3. The van der Waals surface area contributed by atoms with Crippen LogP contribution >= 0.6 is 34.8 Å². The van der Waals surface area contributed by atoms with Crippen LogP contribution in [-0.2, 0) is 19.0 Å². The molecule has 2 heterocycles. The molecular formula is C26H29Cl3FN5O. The first-order valence-electron chi connectivity index (χ1n) is 11.6. The number of amides is 1. The summed E-state index contributed by atoms with van der Waals surface area (Å²) in [5.41, 5.74) is 9.02. The minimum atomic E-state index is -0.541. The van der Waals surface area contributed by atoms with Crippen molar-refractivity contribution in [2.45, 2.75) is 45.2 Å². The Morgan fingerprint density at radius 2 is 1.86 bits per heavy atom. The monoisotopic (exact) mass is 551 g/mol. The zero-order valence-electron chi connectivity index (χ0n) is 20.7. The third-order valence-corrected chi connectivity index (χ3v) is 7.47. The maximum Gasteiger partial charge on any atom is 0.272 e. The van der Waals surface area contributed by atoms with Crippen molar-refractivity contribution in [1.29, 1.82) is 0 Å². The van der Waals surface area contributed by atoms with Crippen LogP contribution < -0.4 is 10.6 Å². The first-order valence-corrected chi connectivity index (χ1v) is 12.8. The van der Waals surface area contributed by atoms with Crippen molar-refractivity contribution in [2.75, 3.05) is 23.7 Å². The number of carbonyl (C=O) groups excluding carboxylic acids is 1. The van der Waals surface area contributed by atoms with Gasteiger partial charge in [0.25, 0.3) is 5.91 Å². The van der Waals surface area contributed by atoms with Crippen molar-refractivity contribution in [2.24, 2.45) is 7.05 Å². The maximum atomic E-state index is 14.3. The molecule has 2 N–H and O–H groups in total. The van der Waals surface area contributed by atoms with Crippen molar-refractivity contribution >= 4 is 52.1 Å². The fourth-order valence-electron chi connectivity index (χ4n) is 4.37. The second-order valence-electron chi connectivity index (χ2n) is 10.2. The number of hydrogen-bond donors (Lipinski definition) is 1. The molecule has 1 aliphatic heterocycles. The zero-order valence-corrected chi connectivity index (χ0v) is 22.9. The summed E-state index contributed by atoms with van der Waals surface area (Å²) in [7, 11) is 1.79. The molecule has 6 nitrogen and oxygen atoms in total. The minimum absolute atomic E-state index is 0.0331. The number of carbonyl (C=O) groups is 1. The molecule has 0 radical (unpaired) electrons. The highest BCUT2D eigenvalue weighted by atomic mass is 35.5. The molecular weight excluding hydrogens is 524 g/mol. The molecule has 1 aliphatic rings. The molecule has 2 aromatic carbocycles. The van der Waals surface area contributed by atoms with Crippen LogP contribution in [0.3, 0.4) is 0 Å². The number of aromatic nitrogens is 2. The number of halogens is 4. The molecule has 192 valence electrons. The molecule has 0 unspecified atom stereocenters. The predicted molar refractivity (Wildman–Crippen MR) is 145 cm³/mol. The number of nitrogen functional groups attached to an aromatic ring is 1. The number of likely N-dealkylation sites (tertiary alicyclic amines) is 1. The van der Waals surface area contributed by atoms with Gasteiger partial charge in [-0.3, -0.25) is 9.48 Å². The average Bonchev–Trinajstić information content (AvgIpc) is 3.44. The lowest BCUT2D eigenvalue weighted by atomic mass is 9.92. The summed E-state index contributed by atoms with van der Waals surface area (Å²) < 4.78 is 15.9. The minimum Gasteiger partial charge on any atom is -0.398 e. The third kappa shape index (κ3) is 5.43. The van der Waals surface area contributed by atoms with Crippen molar-refractivity contribution in [3.8, 4) is 0 Å². The molecule has 0 saturated carbocycles. The van der Waals surface area contributed by atoms with E-state index in [1.165, 1.54) is 12.1 Å². The van der Waals surface area contributed by atoms with Crippen LogP contribution in [0.25, 0.3) is 0 Å². The fourth-order valence-corrected chi connectivity index (χ4v) is 4.99. The van der Waals surface area contributed by atoms with Crippen LogP contribution in [0.5, 0.6) is 0 Å². The van der Waals surface area contributed by atoms with Crippen molar-refractivity contribution < 1.29 is 9.18 Å². The largest absolute Gasteiger partial charge is 0.398 e. The zero-order chi connectivity index (χ0) is 26.4. The smallest absolute Gasteiger partial charge is 0.272 e. The predicted octanol–water partition coefficient (Wildman–Crippen LogP) is 6.32. The van der Waals surface area contributed by atoms with Gasteiger partial charge in [0, 0.05) is 48.8 Å².